The number of hydrogen-bond acceptors (Lipinski definition) is 6. The van der Waals surface area contributed by atoms with E-state index in [0.29, 0.717) is 4.91 Å². The second-order valence-corrected chi connectivity index (χ2v) is 8.37. The van der Waals surface area contributed by atoms with E-state index < -0.39 is 17.1 Å². The normalized spacial score (nSPS) is 15.5. The van der Waals surface area contributed by atoms with Crippen LogP contribution in [0.2, 0.25) is 0 Å². The number of amides is 2. The summed E-state index contributed by atoms with van der Waals surface area (Å²) < 4.78 is 5.03. The van der Waals surface area contributed by atoms with Crippen LogP contribution < -0.4 is 0 Å². The van der Waals surface area contributed by atoms with E-state index in [1.807, 2.05) is 54.6 Å². The van der Waals surface area contributed by atoms with E-state index >= 15 is 0 Å². The van der Waals surface area contributed by atoms with Crippen LogP contribution in [0.3, 0.4) is 0 Å². The Labute approximate surface area is 172 Å². The van der Waals surface area contributed by atoms with E-state index in [2.05, 4.69) is 0 Å². The highest BCUT2D eigenvalue weighted by Gasteiger charge is 2.36. The summed E-state index contributed by atoms with van der Waals surface area (Å²) in [6, 6.07) is 17.6. The molecule has 0 saturated carbocycles. The van der Waals surface area contributed by atoms with Crippen molar-refractivity contribution in [3.05, 3.63) is 65.1 Å². The number of carbonyl (C=O) groups is 3. The van der Waals surface area contributed by atoms with Crippen LogP contribution in [0.4, 0.5) is 4.79 Å². The minimum atomic E-state index is -0.599. The van der Waals surface area contributed by atoms with Gasteiger partial charge < -0.3 is 4.74 Å². The van der Waals surface area contributed by atoms with Gasteiger partial charge in [-0.05, 0) is 55.4 Å². The first kappa shape index (κ1) is 20.2. The summed E-state index contributed by atoms with van der Waals surface area (Å²) in [4.78, 5) is 39.9. The molecule has 1 aliphatic rings. The molecular formula is C21H19NO4S2. The fourth-order valence-electron chi connectivity index (χ4n) is 2.52. The largest absolute Gasteiger partial charge is 0.462 e. The average molecular weight is 414 g/mol. The van der Waals surface area contributed by atoms with Crippen LogP contribution in [0.1, 0.15) is 19.4 Å². The molecule has 0 unspecified atom stereocenters. The SMILES string of the molecule is CC(C)OC(=O)CN1C(=O)SC(=Cc2ccccc2Sc2ccccc2)C1=O. The van der Waals surface area contributed by atoms with E-state index in [9.17, 15) is 14.4 Å². The topological polar surface area (TPSA) is 63.7 Å². The Morgan fingerprint density at radius 3 is 2.50 bits per heavy atom. The van der Waals surface area contributed by atoms with E-state index in [1.165, 1.54) is 0 Å². The summed E-state index contributed by atoms with van der Waals surface area (Å²) in [5.74, 6) is -1.08. The average Bonchev–Trinajstić information content (AvgIpc) is 2.91. The van der Waals surface area contributed by atoms with E-state index in [0.717, 1.165) is 32.0 Å². The van der Waals surface area contributed by atoms with Crippen LogP contribution in [-0.2, 0) is 14.3 Å². The maximum atomic E-state index is 12.6. The molecule has 1 aliphatic heterocycles. The minimum Gasteiger partial charge on any atom is -0.462 e. The number of carbonyl (C=O) groups excluding carboxylic acids is 3. The third kappa shape index (κ3) is 5.05. The summed E-state index contributed by atoms with van der Waals surface area (Å²) in [5.41, 5.74) is 0.839. The molecule has 0 spiro atoms. The zero-order chi connectivity index (χ0) is 20.1. The van der Waals surface area contributed by atoms with Crippen molar-refractivity contribution in [3.63, 3.8) is 0 Å². The first-order valence-electron chi connectivity index (χ1n) is 8.71. The van der Waals surface area contributed by atoms with E-state index in [-0.39, 0.29) is 12.6 Å². The number of imide groups is 1. The van der Waals surface area contributed by atoms with Gasteiger partial charge in [0.2, 0.25) is 0 Å². The van der Waals surface area contributed by atoms with Crippen LogP contribution in [-0.4, -0.2) is 34.7 Å². The fraction of sp³-hybridized carbons (Fsp3) is 0.190. The van der Waals surface area contributed by atoms with Gasteiger partial charge in [-0.15, -0.1) is 0 Å². The molecule has 0 bridgehead atoms. The Morgan fingerprint density at radius 1 is 1.11 bits per heavy atom. The quantitative estimate of drug-likeness (QED) is 0.499. The highest BCUT2D eigenvalue weighted by molar-refractivity contribution is 8.18. The third-order valence-electron chi connectivity index (χ3n) is 3.70. The van der Waals surface area contributed by atoms with E-state index in [4.69, 9.17) is 4.74 Å². The molecule has 144 valence electrons. The molecule has 2 amide bonds. The minimum absolute atomic E-state index is 0.295. The molecule has 28 heavy (non-hydrogen) atoms. The summed E-state index contributed by atoms with van der Waals surface area (Å²) in [5, 5.41) is -0.467. The van der Waals surface area contributed by atoms with Crippen molar-refractivity contribution in [1.82, 2.24) is 4.90 Å². The zero-order valence-corrected chi connectivity index (χ0v) is 17.1. The van der Waals surface area contributed by atoms with Crippen LogP contribution in [0.5, 0.6) is 0 Å². The molecule has 0 aromatic heterocycles. The maximum Gasteiger partial charge on any atom is 0.326 e. The van der Waals surface area contributed by atoms with Crippen molar-refractivity contribution < 1.29 is 19.1 Å². The van der Waals surface area contributed by atoms with Crippen LogP contribution >= 0.6 is 23.5 Å². The van der Waals surface area contributed by atoms with Crippen molar-refractivity contribution in [2.24, 2.45) is 0 Å². The van der Waals surface area contributed by atoms with Gasteiger partial charge in [0.1, 0.15) is 6.54 Å². The Hall–Kier alpha value is -2.51. The molecule has 2 aromatic carbocycles. The molecule has 0 radical (unpaired) electrons. The lowest BCUT2D eigenvalue weighted by Gasteiger charge is -2.13. The predicted octanol–water partition coefficient (Wildman–Crippen LogP) is 4.83. The van der Waals surface area contributed by atoms with Gasteiger partial charge in [0, 0.05) is 9.79 Å². The predicted molar refractivity (Wildman–Crippen MR) is 111 cm³/mol. The molecular weight excluding hydrogens is 394 g/mol. The molecule has 0 N–H and O–H groups in total. The Bertz CT molecular complexity index is 925. The van der Waals surface area contributed by atoms with Gasteiger partial charge in [0.05, 0.1) is 11.0 Å². The Morgan fingerprint density at radius 2 is 1.79 bits per heavy atom. The third-order valence-corrected chi connectivity index (χ3v) is 5.71. The highest BCUT2D eigenvalue weighted by atomic mass is 32.2. The number of esters is 1. The molecule has 3 rings (SSSR count). The highest BCUT2D eigenvalue weighted by Crippen LogP contribution is 2.36. The van der Waals surface area contributed by atoms with Gasteiger partial charge in [-0.1, -0.05) is 48.2 Å². The number of ether oxygens (including phenoxy) is 1. The first-order valence-corrected chi connectivity index (χ1v) is 10.3. The molecule has 7 heteroatoms. The van der Waals surface area contributed by atoms with Crippen LogP contribution in [0.25, 0.3) is 6.08 Å². The molecule has 5 nitrogen and oxygen atoms in total. The van der Waals surface area contributed by atoms with Crippen molar-refractivity contribution in [2.45, 2.75) is 29.7 Å². The number of hydrogen-bond donors (Lipinski definition) is 0. The summed E-state index contributed by atoms with van der Waals surface area (Å²) in [7, 11) is 0. The molecule has 1 fully saturated rings. The van der Waals surface area contributed by atoms with Gasteiger partial charge in [-0.3, -0.25) is 19.3 Å². The van der Waals surface area contributed by atoms with Gasteiger partial charge in [-0.25, -0.2) is 0 Å². The van der Waals surface area contributed by atoms with E-state index in [1.54, 1.807) is 31.7 Å². The van der Waals surface area contributed by atoms with Gasteiger partial charge in [0.15, 0.2) is 0 Å². The fourth-order valence-corrected chi connectivity index (χ4v) is 4.28. The number of nitrogens with zero attached hydrogens (tertiary/aromatic N) is 1. The smallest absolute Gasteiger partial charge is 0.326 e. The lowest BCUT2D eigenvalue weighted by Crippen LogP contribution is -2.35. The molecule has 2 aromatic rings. The zero-order valence-electron chi connectivity index (χ0n) is 15.5. The number of rotatable bonds is 6. The van der Waals surface area contributed by atoms with Crippen LogP contribution in [0, 0.1) is 0 Å². The molecule has 0 aliphatic carbocycles. The van der Waals surface area contributed by atoms with Gasteiger partial charge in [0.25, 0.3) is 11.1 Å². The summed E-state index contributed by atoms with van der Waals surface area (Å²) >= 11 is 2.41. The molecule has 1 saturated heterocycles. The second kappa shape index (κ2) is 9.12. The van der Waals surface area contributed by atoms with Gasteiger partial charge in [-0.2, -0.15) is 0 Å². The standard InChI is InChI=1S/C21H19NO4S2/c1-14(2)26-19(23)13-22-20(24)18(28-21(22)25)12-15-8-6-7-11-17(15)27-16-9-4-3-5-10-16/h3-12,14H,13H2,1-2H3. The molecule has 0 atom stereocenters. The van der Waals surface area contributed by atoms with Gasteiger partial charge >= 0.3 is 5.97 Å². The monoisotopic (exact) mass is 413 g/mol. The van der Waals surface area contributed by atoms with Crippen LogP contribution in [0.15, 0.2) is 69.3 Å². The summed E-state index contributed by atoms with van der Waals surface area (Å²) in [6.45, 7) is 3.06. The lowest BCUT2D eigenvalue weighted by atomic mass is 10.2. The Balaban J connectivity index is 1.80. The van der Waals surface area contributed by atoms with Crippen molar-refractivity contribution in [1.29, 1.82) is 0 Å². The van der Waals surface area contributed by atoms with Crippen molar-refractivity contribution >= 4 is 46.7 Å². The Kier molecular flexibility index (Phi) is 6.59. The maximum absolute atomic E-state index is 12.6. The molecule has 1 heterocycles. The van der Waals surface area contributed by atoms with Crippen molar-refractivity contribution in [3.8, 4) is 0 Å². The number of benzene rings is 2. The van der Waals surface area contributed by atoms with Crippen molar-refractivity contribution in [2.75, 3.05) is 6.54 Å². The second-order valence-electron chi connectivity index (χ2n) is 6.26. The number of thioether (sulfide) groups is 1. The summed E-state index contributed by atoms with van der Waals surface area (Å²) in [6.07, 6.45) is 1.40. The lowest BCUT2D eigenvalue weighted by molar-refractivity contribution is -0.149. The first-order chi connectivity index (χ1) is 13.4.